The van der Waals surface area contributed by atoms with E-state index in [1.807, 2.05) is 0 Å². The highest BCUT2D eigenvalue weighted by molar-refractivity contribution is 7.92. The third-order valence-corrected chi connectivity index (χ3v) is 5.43. The Morgan fingerprint density at radius 3 is 1.88 bits per heavy atom. The molecule has 4 heterocycles. The molecule has 4 aliphatic rings. The molecule has 0 unspecified atom stereocenters. The summed E-state index contributed by atoms with van der Waals surface area (Å²) in [6, 6.07) is 0. The van der Waals surface area contributed by atoms with Gasteiger partial charge in [-0.25, -0.2) is 8.42 Å². The fraction of sp³-hybridized carbons (Fsp3) is 0.600. The number of esters is 2. The second-order valence-electron chi connectivity index (χ2n) is 4.85. The van der Waals surface area contributed by atoms with Crippen LogP contribution >= 0.6 is 0 Å². The van der Waals surface area contributed by atoms with E-state index in [0.717, 1.165) is 0 Å². The van der Waals surface area contributed by atoms with Crippen LogP contribution in [0.5, 0.6) is 0 Å². The molecule has 0 aromatic carbocycles. The second kappa shape index (κ2) is 2.62. The topological polar surface area (TPSA) is 86.7 Å². The minimum absolute atomic E-state index is 0.0474. The van der Waals surface area contributed by atoms with Crippen LogP contribution in [0.2, 0.25) is 0 Å². The second-order valence-corrected chi connectivity index (χ2v) is 6.92. The van der Waals surface area contributed by atoms with Gasteiger partial charge in [0.05, 0.1) is 23.7 Å². The van der Waals surface area contributed by atoms with E-state index in [9.17, 15) is 18.0 Å². The zero-order valence-corrected chi connectivity index (χ0v) is 9.40. The lowest BCUT2D eigenvalue weighted by molar-refractivity contribution is -0.156. The molecule has 0 radical (unpaired) electrons. The predicted molar refractivity (Wildman–Crippen MR) is 52.4 cm³/mol. The highest BCUT2D eigenvalue weighted by Gasteiger charge is 2.66. The average molecular weight is 256 g/mol. The Kier molecular flexibility index (Phi) is 1.51. The summed E-state index contributed by atoms with van der Waals surface area (Å²) in [7, 11) is -3.11. The number of cyclic esters (lactones) is 2. The smallest absolute Gasteiger partial charge is 0.320 e. The predicted octanol–water partition coefficient (Wildman–Crippen LogP) is -1.19. The van der Waals surface area contributed by atoms with Crippen LogP contribution in [0.25, 0.3) is 0 Å². The molecule has 6 nitrogen and oxygen atoms in total. The molecule has 0 amide bonds. The minimum Gasteiger partial charge on any atom is -0.393 e. The Morgan fingerprint density at radius 1 is 0.941 bits per heavy atom. The molecule has 0 aromatic heterocycles. The van der Waals surface area contributed by atoms with E-state index >= 15 is 0 Å². The lowest BCUT2D eigenvalue weighted by atomic mass is 9.78. The standard InChI is InChI=1S/C10H8O6S/c11-9-5-6(10(12)16-9)8-4-2-17(13,14)1-3(4)7(5)15-8/h5-8H,1-2H2/t5-,6+,7+,8-. The maximum absolute atomic E-state index is 11.5. The Hall–Kier alpha value is -1.21. The Morgan fingerprint density at radius 2 is 1.41 bits per heavy atom. The SMILES string of the molecule is O=C1OC(=O)[C@H]2[C@@H]1[C@H]1O[C@@H]2C2=C1CS(=O)(=O)C2. The van der Waals surface area contributed by atoms with Crippen molar-refractivity contribution in [1.82, 2.24) is 0 Å². The van der Waals surface area contributed by atoms with Gasteiger partial charge in [0.25, 0.3) is 0 Å². The summed E-state index contributed by atoms with van der Waals surface area (Å²) in [5, 5.41) is 0. The first-order valence-corrected chi connectivity index (χ1v) is 7.13. The van der Waals surface area contributed by atoms with Gasteiger partial charge in [-0.1, -0.05) is 0 Å². The minimum atomic E-state index is -3.11. The Labute approximate surface area is 96.5 Å². The number of hydrogen-bond acceptors (Lipinski definition) is 6. The Bertz CT molecular complexity index is 556. The summed E-state index contributed by atoms with van der Waals surface area (Å²) >= 11 is 0. The fourth-order valence-corrected chi connectivity index (χ4v) is 5.07. The molecule has 7 heteroatoms. The van der Waals surface area contributed by atoms with E-state index in [1.54, 1.807) is 0 Å². The molecular weight excluding hydrogens is 248 g/mol. The summed E-state index contributed by atoms with van der Waals surface area (Å²) in [5.74, 6) is -2.51. The van der Waals surface area contributed by atoms with Crippen LogP contribution in [0, 0.1) is 11.8 Å². The molecule has 17 heavy (non-hydrogen) atoms. The summed E-state index contributed by atoms with van der Waals surface area (Å²) in [6.45, 7) is 0. The summed E-state index contributed by atoms with van der Waals surface area (Å²) in [6.07, 6.45) is -1.12. The van der Waals surface area contributed by atoms with Gasteiger partial charge in [-0.05, 0) is 11.1 Å². The van der Waals surface area contributed by atoms with Gasteiger partial charge in [0.15, 0.2) is 9.84 Å². The zero-order valence-electron chi connectivity index (χ0n) is 8.58. The number of carbonyl (C=O) groups is 2. The summed E-state index contributed by atoms with van der Waals surface area (Å²) < 4.78 is 33.3. The summed E-state index contributed by atoms with van der Waals surface area (Å²) in [4.78, 5) is 23.0. The number of ether oxygens (including phenoxy) is 2. The first-order chi connectivity index (χ1) is 7.98. The normalized spacial score (nSPS) is 45.2. The van der Waals surface area contributed by atoms with Crippen molar-refractivity contribution >= 4 is 21.8 Å². The third-order valence-electron chi connectivity index (χ3n) is 3.93. The van der Waals surface area contributed by atoms with E-state index in [0.29, 0.717) is 11.1 Å². The van der Waals surface area contributed by atoms with Gasteiger partial charge in [0, 0.05) is 0 Å². The molecule has 4 rings (SSSR count). The van der Waals surface area contributed by atoms with Crippen molar-refractivity contribution in [3.8, 4) is 0 Å². The summed E-state index contributed by atoms with van der Waals surface area (Å²) in [5.41, 5.74) is 1.37. The molecular formula is C10H8O6S. The molecule has 2 fully saturated rings. The van der Waals surface area contributed by atoms with Crippen molar-refractivity contribution in [1.29, 1.82) is 0 Å². The number of hydrogen-bond donors (Lipinski definition) is 0. The molecule has 0 spiro atoms. The van der Waals surface area contributed by atoms with E-state index < -0.39 is 45.8 Å². The number of rotatable bonds is 0. The molecule has 4 aliphatic heterocycles. The third kappa shape index (κ3) is 1.02. The fourth-order valence-electron chi connectivity index (χ4n) is 3.32. The van der Waals surface area contributed by atoms with E-state index in [4.69, 9.17) is 4.74 Å². The van der Waals surface area contributed by atoms with Crippen LogP contribution in [0.3, 0.4) is 0 Å². The molecule has 0 aliphatic carbocycles. The largest absolute Gasteiger partial charge is 0.393 e. The van der Waals surface area contributed by atoms with Crippen LogP contribution < -0.4 is 0 Å². The Balaban J connectivity index is 1.83. The van der Waals surface area contributed by atoms with Crippen molar-refractivity contribution < 1.29 is 27.5 Å². The zero-order chi connectivity index (χ0) is 11.9. The van der Waals surface area contributed by atoms with Crippen LogP contribution in [-0.2, 0) is 28.9 Å². The van der Waals surface area contributed by atoms with E-state index in [-0.39, 0.29) is 11.5 Å². The monoisotopic (exact) mass is 256 g/mol. The molecule has 4 atom stereocenters. The number of fused-ring (bicyclic) bond motifs is 7. The first-order valence-electron chi connectivity index (χ1n) is 5.31. The van der Waals surface area contributed by atoms with Gasteiger partial charge >= 0.3 is 11.9 Å². The number of sulfone groups is 1. The maximum Gasteiger partial charge on any atom is 0.320 e. The maximum atomic E-state index is 11.5. The molecule has 0 aromatic rings. The quantitative estimate of drug-likeness (QED) is 0.307. The van der Waals surface area contributed by atoms with Crippen LogP contribution in [0.15, 0.2) is 11.1 Å². The van der Waals surface area contributed by atoms with Crippen molar-refractivity contribution in [3.05, 3.63) is 11.1 Å². The van der Waals surface area contributed by atoms with Crippen molar-refractivity contribution in [2.75, 3.05) is 11.5 Å². The van der Waals surface area contributed by atoms with Gasteiger partial charge in [-0.15, -0.1) is 0 Å². The first kappa shape index (κ1) is 9.78. The van der Waals surface area contributed by atoms with Gasteiger partial charge in [0.1, 0.15) is 11.8 Å². The highest BCUT2D eigenvalue weighted by Crippen LogP contribution is 2.52. The lowest BCUT2D eigenvalue weighted by Gasteiger charge is -2.16. The van der Waals surface area contributed by atoms with Crippen LogP contribution in [-0.4, -0.2) is 44.1 Å². The molecule has 0 N–H and O–H groups in total. The molecule has 90 valence electrons. The van der Waals surface area contributed by atoms with Crippen molar-refractivity contribution in [2.24, 2.45) is 11.8 Å². The highest BCUT2D eigenvalue weighted by atomic mass is 32.2. The lowest BCUT2D eigenvalue weighted by Crippen LogP contribution is -2.31. The van der Waals surface area contributed by atoms with Gasteiger partial charge in [0.2, 0.25) is 0 Å². The molecule has 2 saturated heterocycles. The number of carbonyl (C=O) groups excluding carboxylic acids is 2. The average Bonchev–Trinajstić information content (AvgIpc) is 2.86. The van der Waals surface area contributed by atoms with Gasteiger partial charge in [-0.3, -0.25) is 9.59 Å². The van der Waals surface area contributed by atoms with Crippen molar-refractivity contribution in [3.63, 3.8) is 0 Å². The van der Waals surface area contributed by atoms with E-state index in [2.05, 4.69) is 4.74 Å². The van der Waals surface area contributed by atoms with Crippen molar-refractivity contribution in [2.45, 2.75) is 12.2 Å². The molecule has 0 saturated carbocycles. The van der Waals surface area contributed by atoms with E-state index in [1.165, 1.54) is 0 Å². The van der Waals surface area contributed by atoms with Gasteiger partial charge < -0.3 is 9.47 Å². The van der Waals surface area contributed by atoms with Gasteiger partial charge in [-0.2, -0.15) is 0 Å². The van der Waals surface area contributed by atoms with Crippen LogP contribution in [0.1, 0.15) is 0 Å². The van der Waals surface area contributed by atoms with Crippen LogP contribution in [0.4, 0.5) is 0 Å². The molecule has 2 bridgehead atoms.